The molecule has 3 heteroatoms. The third-order valence-electron chi connectivity index (χ3n) is 2.70. The summed E-state index contributed by atoms with van der Waals surface area (Å²) in [6, 6.07) is 17.7. The Bertz CT molecular complexity index is 706. The van der Waals surface area contributed by atoms with Crippen molar-refractivity contribution in [1.82, 2.24) is 9.78 Å². The molecule has 0 bridgehead atoms. The maximum absolute atomic E-state index is 8.84. The van der Waals surface area contributed by atoms with Gasteiger partial charge in [-0.25, -0.2) is 4.68 Å². The first-order valence-corrected chi connectivity index (χ1v) is 6.32. The van der Waals surface area contributed by atoms with Crippen molar-refractivity contribution >= 4 is 10.9 Å². The van der Waals surface area contributed by atoms with Gasteiger partial charge in [-0.2, -0.15) is 10.4 Å². The van der Waals surface area contributed by atoms with E-state index in [2.05, 4.69) is 11.2 Å². The standard InChI is InChI=1S/C14H9N3.C2H6/c15-9-11-6-7-14-12(8-11)10-16-17(14)13-4-2-1-3-5-13;1-2/h1-8,10H;1-2H3. The van der Waals surface area contributed by atoms with E-state index in [1.807, 2.05) is 67.1 Å². The molecule has 0 aliphatic heterocycles. The molecular formula is C16H15N3. The van der Waals surface area contributed by atoms with E-state index < -0.39 is 0 Å². The van der Waals surface area contributed by atoms with Gasteiger partial charge in [0.15, 0.2) is 0 Å². The molecule has 3 rings (SSSR count). The summed E-state index contributed by atoms with van der Waals surface area (Å²) in [5.41, 5.74) is 2.69. The summed E-state index contributed by atoms with van der Waals surface area (Å²) >= 11 is 0. The lowest BCUT2D eigenvalue weighted by Crippen LogP contribution is -1.94. The summed E-state index contributed by atoms with van der Waals surface area (Å²) < 4.78 is 1.87. The smallest absolute Gasteiger partial charge is 0.0991 e. The van der Waals surface area contributed by atoms with Gasteiger partial charge in [0.2, 0.25) is 0 Å². The zero-order valence-corrected chi connectivity index (χ0v) is 11.0. The Kier molecular flexibility index (Phi) is 3.94. The molecule has 0 amide bonds. The number of hydrogen-bond donors (Lipinski definition) is 0. The molecule has 1 heterocycles. The minimum Gasteiger partial charge on any atom is -0.233 e. The first-order chi connectivity index (χ1) is 9.38. The normalized spacial score (nSPS) is 9.53. The van der Waals surface area contributed by atoms with Crippen LogP contribution in [0.2, 0.25) is 0 Å². The summed E-state index contributed by atoms with van der Waals surface area (Å²) in [6.07, 6.45) is 1.78. The number of nitrogens with zero attached hydrogens (tertiary/aromatic N) is 3. The molecule has 19 heavy (non-hydrogen) atoms. The van der Waals surface area contributed by atoms with Crippen LogP contribution in [0.25, 0.3) is 16.6 Å². The van der Waals surface area contributed by atoms with Crippen molar-refractivity contribution in [1.29, 1.82) is 5.26 Å². The van der Waals surface area contributed by atoms with Gasteiger partial charge in [0.1, 0.15) is 0 Å². The summed E-state index contributed by atoms with van der Waals surface area (Å²) in [5.74, 6) is 0. The Balaban J connectivity index is 0.000000637. The van der Waals surface area contributed by atoms with E-state index in [9.17, 15) is 0 Å². The zero-order chi connectivity index (χ0) is 13.7. The second-order valence-electron chi connectivity index (χ2n) is 3.78. The van der Waals surface area contributed by atoms with E-state index in [0.29, 0.717) is 5.56 Å². The summed E-state index contributed by atoms with van der Waals surface area (Å²) in [7, 11) is 0. The van der Waals surface area contributed by atoms with Gasteiger partial charge < -0.3 is 0 Å². The quantitative estimate of drug-likeness (QED) is 0.655. The first-order valence-electron chi connectivity index (χ1n) is 6.32. The number of hydrogen-bond acceptors (Lipinski definition) is 2. The summed E-state index contributed by atoms with van der Waals surface area (Å²) in [4.78, 5) is 0. The Morgan fingerprint density at radius 3 is 2.47 bits per heavy atom. The molecule has 0 N–H and O–H groups in total. The number of para-hydroxylation sites is 1. The lowest BCUT2D eigenvalue weighted by atomic mass is 10.2. The molecule has 94 valence electrons. The molecule has 3 nitrogen and oxygen atoms in total. The number of benzene rings is 2. The lowest BCUT2D eigenvalue weighted by molar-refractivity contribution is 0.911. The number of rotatable bonds is 1. The maximum Gasteiger partial charge on any atom is 0.0991 e. The van der Waals surface area contributed by atoms with Crippen LogP contribution in [0.3, 0.4) is 0 Å². The van der Waals surface area contributed by atoms with Gasteiger partial charge in [-0.1, -0.05) is 32.0 Å². The predicted octanol–water partition coefficient (Wildman–Crippen LogP) is 3.92. The highest BCUT2D eigenvalue weighted by Crippen LogP contribution is 2.19. The van der Waals surface area contributed by atoms with E-state index >= 15 is 0 Å². The lowest BCUT2D eigenvalue weighted by Gasteiger charge is -2.02. The fourth-order valence-electron chi connectivity index (χ4n) is 1.88. The van der Waals surface area contributed by atoms with Crippen molar-refractivity contribution in [3.05, 3.63) is 60.3 Å². The molecule has 1 aromatic heterocycles. The Morgan fingerprint density at radius 2 is 1.79 bits per heavy atom. The van der Waals surface area contributed by atoms with Crippen LogP contribution >= 0.6 is 0 Å². The van der Waals surface area contributed by atoms with Gasteiger partial charge in [-0.3, -0.25) is 0 Å². The summed E-state index contributed by atoms with van der Waals surface area (Å²) in [5, 5.41) is 14.2. The topological polar surface area (TPSA) is 41.6 Å². The molecule has 0 saturated carbocycles. The van der Waals surface area contributed by atoms with E-state index in [0.717, 1.165) is 16.6 Å². The fourth-order valence-corrected chi connectivity index (χ4v) is 1.88. The molecule has 0 saturated heterocycles. The second kappa shape index (κ2) is 5.83. The predicted molar refractivity (Wildman–Crippen MR) is 77.1 cm³/mol. The van der Waals surface area contributed by atoms with Gasteiger partial charge in [0.05, 0.1) is 29.0 Å². The maximum atomic E-state index is 8.84. The molecule has 0 spiro atoms. The number of nitriles is 1. The van der Waals surface area contributed by atoms with E-state index in [1.165, 1.54) is 0 Å². The van der Waals surface area contributed by atoms with Crippen LogP contribution in [0.4, 0.5) is 0 Å². The third kappa shape index (κ3) is 2.48. The highest BCUT2D eigenvalue weighted by Gasteiger charge is 2.04. The minimum absolute atomic E-state index is 0.658. The van der Waals surface area contributed by atoms with Crippen molar-refractivity contribution in [2.45, 2.75) is 13.8 Å². The van der Waals surface area contributed by atoms with Crippen LogP contribution in [0.5, 0.6) is 0 Å². The van der Waals surface area contributed by atoms with Crippen molar-refractivity contribution in [2.75, 3.05) is 0 Å². The van der Waals surface area contributed by atoms with Crippen LogP contribution in [0.15, 0.2) is 54.7 Å². The molecule has 0 aliphatic rings. The van der Waals surface area contributed by atoms with Crippen molar-refractivity contribution in [3.8, 4) is 11.8 Å². The van der Waals surface area contributed by atoms with Crippen molar-refractivity contribution < 1.29 is 0 Å². The monoisotopic (exact) mass is 249 g/mol. The first kappa shape index (κ1) is 12.8. The average Bonchev–Trinajstić information content (AvgIpc) is 2.93. The van der Waals surface area contributed by atoms with Gasteiger partial charge >= 0.3 is 0 Å². The van der Waals surface area contributed by atoms with E-state index in [1.54, 1.807) is 6.20 Å². The van der Waals surface area contributed by atoms with E-state index in [-0.39, 0.29) is 0 Å². The van der Waals surface area contributed by atoms with Gasteiger partial charge in [0, 0.05) is 5.39 Å². The average molecular weight is 249 g/mol. The number of fused-ring (bicyclic) bond motifs is 1. The molecule has 0 unspecified atom stereocenters. The Hall–Kier alpha value is -2.60. The fraction of sp³-hybridized carbons (Fsp3) is 0.125. The highest BCUT2D eigenvalue weighted by atomic mass is 15.3. The third-order valence-corrected chi connectivity index (χ3v) is 2.70. The number of aromatic nitrogens is 2. The van der Waals surface area contributed by atoms with Crippen LogP contribution in [-0.2, 0) is 0 Å². The molecule has 2 aromatic carbocycles. The Labute approximate surface area is 112 Å². The van der Waals surface area contributed by atoms with Gasteiger partial charge in [0.25, 0.3) is 0 Å². The van der Waals surface area contributed by atoms with Crippen LogP contribution < -0.4 is 0 Å². The van der Waals surface area contributed by atoms with Crippen LogP contribution in [0, 0.1) is 11.3 Å². The largest absolute Gasteiger partial charge is 0.233 e. The second-order valence-corrected chi connectivity index (χ2v) is 3.78. The Morgan fingerprint density at radius 1 is 1.05 bits per heavy atom. The molecular weight excluding hydrogens is 234 g/mol. The highest BCUT2D eigenvalue weighted by molar-refractivity contribution is 5.81. The minimum atomic E-state index is 0.658. The van der Waals surface area contributed by atoms with Gasteiger partial charge in [-0.05, 0) is 30.3 Å². The molecule has 0 atom stereocenters. The van der Waals surface area contributed by atoms with Crippen molar-refractivity contribution in [3.63, 3.8) is 0 Å². The molecule has 3 aromatic rings. The molecule has 0 radical (unpaired) electrons. The SMILES string of the molecule is CC.N#Cc1ccc2c(cnn2-c2ccccc2)c1. The van der Waals surface area contributed by atoms with Crippen LogP contribution in [0.1, 0.15) is 19.4 Å². The van der Waals surface area contributed by atoms with Crippen molar-refractivity contribution in [2.24, 2.45) is 0 Å². The van der Waals surface area contributed by atoms with E-state index in [4.69, 9.17) is 5.26 Å². The molecule has 0 fully saturated rings. The van der Waals surface area contributed by atoms with Crippen LogP contribution in [-0.4, -0.2) is 9.78 Å². The summed E-state index contributed by atoms with van der Waals surface area (Å²) in [6.45, 7) is 4.00. The zero-order valence-electron chi connectivity index (χ0n) is 11.0. The van der Waals surface area contributed by atoms with Gasteiger partial charge in [-0.15, -0.1) is 0 Å². The molecule has 0 aliphatic carbocycles.